The zero-order valence-electron chi connectivity index (χ0n) is 12.3. The highest BCUT2D eigenvalue weighted by molar-refractivity contribution is 5.85. The second kappa shape index (κ2) is 8.96. The van der Waals surface area contributed by atoms with Gasteiger partial charge in [0, 0.05) is 18.7 Å². The molecule has 2 aromatic rings. The molecule has 0 aliphatic rings. The molecule has 1 atom stereocenters. The molecule has 0 bridgehead atoms. The Kier molecular flexibility index (Phi) is 7.28. The van der Waals surface area contributed by atoms with Crippen molar-refractivity contribution < 1.29 is 4.79 Å². The molecule has 6 nitrogen and oxygen atoms in total. The molecule has 1 heterocycles. The van der Waals surface area contributed by atoms with Crippen molar-refractivity contribution in [3.05, 3.63) is 42.5 Å². The SMILES string of the molecule is C[C@@H](N)C(=O)NCCNc1ccc(-c2ccccc2)nn1.Cl. The Hall–Kier alpha value is -2.18. The maximum atomic E-state index is 11.3. The van der Waals surface area contributed by atoms with E-state index in [9.17, 15) is 4.79 Å². The predicted octanol–water partition coefficient (Wildman–Crippen LogP) is 1.44. The van der Waals surface area contributed by atoms with Crippen molar-refractivity contribution in [3.8, 4) is 11.3 Å². The van der Waals surface area contributed by atoms with E-state index < -0.39 is 6.04 Å². The van der Waals surface area contributed by atoms with Crippen LogP contribution in [0.1, 0.15) is 6.92 Å². The average Bonchev–Trinajstić information content (AvgIpc) is 2.52. The van der Waals surface area contributed by atoms with Crippen molar-refractivity contribution >= 4 is 24.1 Å². The number of halogens is 1. The van der Waals surface area contributed by atoms with Crippen molar-refractivity contribution in [1.29, 1.82) is 0 Å². The number of carbonyl (C=O) groups is 1. The van der Waals surface area contributed by atoms with Crippen LogP contribution < -0.4 is 16.4 Å². The third-order valence-electron chi connectivity index (χ3n) is 2.88. The van der Waals surface area contributed by atoms with Crippen LogP contribution in [0.25, 0.3) is 11.3 Å². The van der Waals surface area contributed by atoms with Gasteiger partial charge in [-0.3, -0.25) is 4.79 Å². The fourth-order valence-corrected chi connectivity index (χ4v) is 1.73. The summed E-state index contributed by atoms with van der Waals surface area (Å²) in [6.07, 6.45) is 0. The van der Waals surface area contributed by atoms with Crippen molar-refractivity contribution in [1.82, 2.24) is 15.5 Å². The molecule has 118 valence electrons. The average molecular weight is 322 g/mol. The van der Waals surface area contributed by atoms with E-state index in [-0.39, 0.29) is 18.3 Å². The monoisotopic (exact) mass is 321 g/mol. The van der Waals surface area contributed by atoms with E-state index >= 15 is 0 Å². The zero-order chi connectivity index (χ0) is 15.1. The molecule has 0 aliphatic heterocycles. The molecule has 1 aromatic heterocycles. The summed E-state index contributed by atoms with van der Waals surface area (Å²) in [6, 6.07) is 13.1. The molecule has 2 rings (SSSR count). The van der Waals surface area contributed by atoms with Crippen LogP contribution in [0.3, 0.4) is 0 Å². The maximum absolute atomic E-state index is 11.3. The summed E-state index contributed by atoms with van der Waals surface area (Å²) in [5, 5.41) is 14.1. The molecule has 0 aliphatic carbocycles. The zero-order valence-corrected chi connectivity index (χ0v) is 13.1. The Labute approximate surface area is 135 Å². The third-order valence-corrected chi connectivity index (χ3v) is 2.88. The summed E-state index contributed by atoms with van der Waals surface area (Å²) >= 11 is 0. The number of anilines is 1. The van der Waals surface area contributed by atoms with E-state index in [0.29, 0.717) is 18.9 Å². The van der Waals surface area contributed by atoms with Crippen molar-refractivity contribution in [2.45, 2.75) is 13.0 Å². The molecule has 1 amide bonds. The van der Waals surface area contributed by atoms with Crippen molar-refractivity contribution in [2.75, 3.05) is 18.4 Å². The van der Waals surface area contributed by atoms with Gasteiger partial charge in [-0.1, -0.05) is 30.3 Å². The molecule has 4 N–H and O–H groups in total. The van der Waals surface area contributed by atoms with Gasteiger partial charge in [0.15, 0.2) is 0 Å². The van der Waals surface area contributed by atoms with Gasteiger partial charge in [-0.05, 0) is 19.1 Å². The van der Waals surface area contributed by atoms with Gasteiger partial charge in [-0.2, -0.15) is 0 Å². The normalized spacial score (nSPS) is 11.2. The summed E-state index contributed by atoms with van der Waals surface area (Å²) < 4.78 is 0. The molecule has 0 unspecified atom stereocenters. The minimum absolute atomic E-state index is 0. The second-order valence-corrected chi connectivity index (χ2v) is 4.68. The Morgan fingerprint density at radius 1 is 1.14 bits per heavy atom. The predicted molar refractivity (Wildman–Crippen MR) is 89.9 cm³/mol. The minimum atomic E-state index is -0.491. The van der Waals surface area contributed by atoms with Crippen LogP contribution in [0.2, 0.25) is 0 Å². The lowest BCUT2D eigenvalue weighted by atomic mass is 10.1. The standard InChI is InChI=1S/C15H19N5O.ClH/c1-11(16)15(21)18-10-9-17-14-8-7-13(19-20-14)12-5-3-2-4-6-12;/h2-8,11H,9-10,16H2,1H3,(H,17,20)(H,18,21);1H/t11-;/m1./s1. The highest BCUT2D eigenvalue weighted by Gasteiger charge is 2.05. The van der Waals surface area contributed by atoms with E-state index in [1.54, 1.807) is 6.92 Å². The lowest BCUT2D eigenvalue weighted by Crippen LogP contribution is -2.40. The van der Waals surface area contributed by atoms with Gasteiger partial charge in [0.2, 0.25) is 5.91 Å². The summed E-state index contributed by atoms with van der Waals surface area (Å²) in [5.41, 5.74) is 7.30. The largest absolute Gasteiger partial charge is 0.367 e. The molecule has 7 heteroatoms. The fraction of sp³-hybridized carbons (Fsp3) is 0.267. The van der Waals surface area contributed by atoms with Crippen LogP contribution in [-0.4, -0.2) is 35.2 Å². The summed E-state index contributed by atoms with van der Waals surface area (Å²) in [7, 11) is 0. The minimum Gasteiger partial charge on any atom is -0.367 e. The van der Waals surface area contributed by atoms with Gasteiger partial charge in [0.25, 0.3) is 0 Å². The highest BCUT2D eigenvalue weighted by Crippen LogP contribution is 2.15. The first-order chi connectivity index (χ1) is 10.2. The van der Waals surface area contributed by atoms with Crippen LogP contribution in [0.4, 0.5) is 5.82 Å². The Bertz CT molecular complexity index is 574. The van der Waals surface area contributed by atoms with Gasteiger partial charge in [0.05, 0.1) is 11.7 Å². The number of hydrogen-bond acceptors (Lipinski definition) is 5. The lowest BCUT2D eigenvalue weighted by Gasteiger charge is -2.09. The molecule has 1 aromatic carbocycles. The van der Waals surface area contributed by atoms with Crippen molar-refractivity contribution in [2.24, 2.45) is 5.73 Å². The summed E-state index contributed by atoms with van der Waals surface area (Å²) in [4.78, 5) is 11.3. The molecule has 0 radical (unpaired) electrons. The van der Waals surface area contributed by atoms with Crippen molar-refractivity contribution in [3.63, 3.8) is 0 Å². The van der Waals surface area contributed by atoms with Crippen LogP contribution in [-0.2, 0) is 4.79 Å². The van der Waals surface area contributed by atoms with Crippen LogP contribution in [0, 0.1) is 0 Å². The first-order valence-electron chi connectivity index (χ1n) is 6.83. The van der Waals surface area contributed by atoms with Gasteiger partial charge >= 0.3 is 0 Å². The van der Waals surface area contributed by atoms with Gasteiger partial charge in [-0.15, -0.1) is 22.6 Å². The van der Waals surface area contributed by atoms with Crippen LogP contribution in [0.15, 0.2) is 42.5 Å². The lowest BCUT2D eigenvalue weighted by molar-refractivity contribution is -0.121. The molecule has 22 heavy (non-hydrogen) atoms. The van der Waals surface area contributed by atoms with Crippen LogP contribution >= 0.6 is 12.4 Å². The maximum Gasteiger partial charge on any atom is 0.236 e. The third kappa shape index (κ3) is 5.31. The molecular formula is C15H20ClN5O. The first kappa shape index (κ1) is 17.9. The topological polar surface area (TPSA) is 92.9 Å². The van der Waals surface area contributed by atoms with E-state index in [0.717, 1.165) is 11.3 Å². The number of nitrogens with one attached hydrogen (secondary N) is 2. The highest BCUT2D eigenvalue weighted by atomic mass is 35.5. The quantitative estimate of drug-likeness (QED) is 0.700. The number of carbonyl (C=O) groups excluding carboxylic acids is 1. The summed E-state index contributed by atoms with van der Waals surface area (Å²) in [6.45, 7) is 2.71. The van der Waals surface area contributed by atoms with Crippen LogP contribution in [0.5, 0.6) is 0 Å². The van der Waals surface area contributed by atoms with E-state index in [4.69, 9.17) is 5.73 Å². The number of benzene rings is 1. The number of aromatic nitrogens is 2. The van der Waals surface area contributed by atoms with E-state index in [2.05, 4.69) is 20.8 Å². The molecule has 0 spiro atoms. The van der Waals surface area contributed by atoms with E-state index in [1.807, 2.05) is 42.5 Å². The molecule has 0 fully saturated rings. The fourth-order valence-electron chi connectivity index (χ4n) is 1.73. The first-order valence-corrected chi connectivity index (χ1v) is 6.83. The Balaban J connectivity index is 0.00000242. The number of amides is 1. The number of nitrogens with two attached hydrogens (primary N) is 1. The second-order valence-electron chi connectivity index (χ2n) is 4.68. The van der Waals surface area contributed by atoms with Gasteiger partial charge in [-0.25, -0.2) is 0 Å². The summed E-state index contributed by atoms with van der Waals surface area (Å²) in [5.74, 6) is 0.507. The Morgan fingerprint density at radius 3 is 2.45 bits per heavy atom. The molecule has 0 saturated carbocycles. The smallest absolute Gasteiger partial charge is 0.236 e. The molecule has 0 saturated heterocycles. The van der Waals surface area contributed by atoms with E-state index in [1.165, 1.54) is 0 Å². The number of nitrogens with zero attached hydrogens (tertiary/aromatic N) is 2. The van der Waals surface area contributed by atoms with Gasteiger partial charge in [0.1, 0.15) is 5.82 Å². The number of hydrogen-bond donors (Lipinski definition) is 3. The van der Waals surface area contributed by atoms with Gasteiger partial charge < -0.3 is 16.4 Å². The Morgan fingerprint density at radius 2 is 1.86 bits per heavy atom. The molecular weight excluding hydrogens is 302 g/mol. The number of rotatable bonds is 6.